The lowest BCUT2D eigenvalue weighted by atomic mass is 9.97. The van der Waals surface area contributed by atoms with Crippen LogP contribution in [0.25, 0.3) is 15.9 Å². The number of fused-ring (bicyclic) bond motifs is 1. The summed E-state index contributed by atoms with van der Waals surface area (Å²) in [6, 6.07) is 6.41. The fraction of sp³-hybridized carbons (Fsp3) is 0.600. The quantitative estimate of drug-likeness (QED) is 0.564. The molecule has 0 bridgehead atoms. The molecule has 5 nitrogen and oxygen atoms in total. The van der Waals surface area contributed by atoms with Gasteiger partial charge >= 0.3 is 6.09 Å². The molecule has 3 heterocycles. The van der Waals surface area contributed by atoms with Crippen LogP contribution in [0.15, 0.2) is 24.3 Å². The summed E-state index contributed by atoms with van der Waals surface area (Å²) in [5.41, 5.74) is 2.69. The third kappa shape index (κ3) is 4.65. The highest BCUT2D eigenvalue weighted by atomic mass is 32.1. The Morgan fingerprint density at radius 2 is 2.00 bits per heavy atom. The van der Waals surface area contributed by atoms with Crippen molar-refractivity contribution >= 4 is 33.3 Å². The number of ether oxygens (including phenoxy) is 1. The first-order chi connectivity index (χ1) is 14.4. The van der Waals surface area contributed by atoms with Crippen LogP contribution in [-0.4, -0.2) is 52.2 Å². The van der Waals surface area contributed by atoms with Gasteiger partial charge in [0.25, 0.3) is 0 Å². The SMILES string of the molecule is C[C@H]1CC=C(c2ccc3sc(C4CN(C)C(C)(C)C4)nc3c2)N(C(=O)OC(C)(C)C)C1. The van der Waals surface area contributed by atoms with Crippen molar-refractivity contribution in [2.45, 2.75) is 71.4 Å². The van der Waals surface area contributed by atoms with Crippen molar-refractivity contribution in [1.29, 1.82) is 0 Å². The highest BCUT2D eigenvalue weighted by Crippen LogP contribution is 2.40. The molecule has 1 unspecified atom stereocenters. The first-order valence-corrected chi connectivity index (χ1v) is 12.1. The van der Waals surface area contributed by atoms with Gasteiger partial charge in [-0.1, -0.05) is 19.1 Å². The van der Waals surface area contributed by atoms with Gasteiger partial charge < -0.3 is 9.64 Å². The second-order valence-electron chi connectivity index (χ2n) is 10.8. The number of hydrogen-bond donors (Lipinski definition) is 0. The maximum atomic E-state index is 12.9. The van der Waals surface area contributed by atoms with Crippen molar-refractivity contribution in [3.05, 3.63) is 34.8 Å². The Balaban J connectivity index is 1.63. The van der Waals surface area contributed by atoms with Crippen molar-refractivity contribution in [1.82, 2.24) is 14.8 Å². The molecule has 0 saturated carbocycles. The lowest BCUT2D eigenvalue weighted by Gasteiger charge is -2.33. The first kappa shape index (κ1) is 22.3. The van der Waals surface area contributed by atoms with Gasteiger partial charge in [0.15, 0.2) is 0 Å². The number of allylic oxidation sites excluding steroid dienone is 1. The van der Waals surface area contributed by atoms with E-state index in [1.165, 1.54) is 9.71 Å². The Kier molecular flexibility index (Phi) is 5.67. The molecule has 1 aromatic heterocycles. The van der Waals surface area contributed by atoms with Gasteiger partial charge in [-0.15, -0.1) is 11.3 Å². The second kappa shape index (κ2) is 7.89. The van der Waals surface area contributed by atoms with Crippen molar-refractivity contribution in [3.63, 3.8) is 0 Å². The minimum absolute atomic E-state index is 0.213. The molecule has 168 valence electrons. The smallest absolute Gasteiger partial charge is 0.414 e. The topological polar surface area (TPSA) is 45.7 Å². The van der Waals surface area contributed by atoms with E-state index in [1.807, 2.05) is 20.8 Å². The molecule has 0 aliphatic carbocycles. The van der Waals surface area contributed by atoms with Crippen LogP contribution in [0.4, 0.5) is 4.79 Å². The molecular formula is C25H35N3O2S. The highest BCUT2D eigenvalue weighted by molar-refractivity contribution is 7.18. The lowest BCUT2D eigenvalue weighted by Crippen LogP contribution is -2.39. The highest BCUT2D eigenvalue weighted by Gasteiger charge is 2.38. The van der Waals surface area contributed by atoms with E-state index in [-0.39, 0.29) is 11.6 Å². The van der Waals surface area contributed by atoms with Crippen LogP contribution in [-0.2, 0) is 4.74 Å². The molecular weight excluding hydrogens is 406 g/mol. The molecule has 2 aromatic rings. The van der Waals surface area contributed by atoms with Crippen molar-refractivity contribution in [3.8, 4) is 0 Å². The van der Waals surface area contributed by atoms with Gasteiger partial charge in [0.1, 0.15) is 5.60 Å². The van der Waals surface area contributed by atoms with Gasteiger partial charge in [-0.3, -0.25) is 4.90 Å². The number of aromatic nitrogens is 1. The zero-order valence-corrected chi connectivity index (χ0v) is 20.7. The lowest BCUT2D eigenvalue weighted by molar-refractivity contribution is 0.0327. The summed E-state index contributed by atoms with van der Waals surface area (Å²) in [6.45, 7) is 14.2. The summed E-state index contributed by atoms with van der Waals surface area (Å²) in [7, 11) is 2.20. The molecule has 1 fully saturated rings. The average molecular weight is 442 g/mol. The molecule has 0 radical (unpaired) electrons. The predicted octanol–water partition coefficient (Wildman–Crippen LogP) is 6.11. The number of likely N-dealkylation sites (tertiary alicyclic amines) is 1. The van der Waals surface area contributed by atoms with Gasteiger partial charge in [-0.05, 0) is 72.6 Å². The Labute approximate surface area is 190 Å². The molecule has 1 saturated heterocycles. The van der Waals surface area contributed by atoms with Crippen LogP contribution < -0.4 is 0 Å². The summed E-state index contributed by atoms with van der Waals surface area (Å²) in [5, 5.41) is 1.22. The Hall–Kier alpha value is -1.92. The zero-order valence-electron chi connectivity index (χ0n) is 19.9. The number of carbonyl (C=O) groups is 1. The van der Waals surface area contributed by atoms with E-state index in [1.54, 1.807) is 16.2 Å². The number of carbonyl (C=O) groups excluding carboxylic acids is 1. The van der Waals surface area contributed by atoms with E-state index >= 15 is 0 Å². The van der Waals surface area contributed by atoms with E-state index in [0.29, 0.717) is 18.4 Å². The fourth-order valence-electron chi connectivity index (χ4n) is 4.52. The van der Waals surface area contributed by atoms with E-state index < -0.39 is 5.60 Å². The van der Waals surface area contributed by atoms with Gasteiger partial charge in [-0.2, -0.15) is 0 Å². The Morgan fingerprint density at radius 3 is 2.65 bits per heavy atom. The Morgan fingerprint density at radius 1 is 1.26 bits per heavy atom. The molecule has 1 aromatic carbocycles. The normalized spacial score (nSPS) is 24.5. The number of nitrogens with zero attached hydrogens (tertiary/aromatic N) is 3. The number of amides is 1. The summed E-state index contributed by atoms with van der Waals surface area (Å²) in [4.78, 5) is 22.2. The number of hydrogen-bond acceptors (Lipinski definition) is 5. The molecule has 2 atom stereocenters. The number of rotatable bonds is 2. The number of thiazole rings is 1. The maximum absolute atomic E-state index is 12.9. The number of benzene rings is 1. The minimum atomic E-state index is -0.515. The van der Waals surface area contributed by atoms with Gasteiger partial charge in [-0.25, -0.2) is 9.78 Å². The summed E-state index contributed by atoms with van der Waals surface area (Å²) in [6.07, 6.45) is 3.98. The van der Waals surface area contributed by atoms with Crippen LogP contribution in [0.2, 0.25) is 0 Å². The van der Waals surface area contributed by atoms with E-state index in [9.17, 15) is 4.79 Å². The van der Waals surface area contributed by atoms with Crippen LogP contribution in [0.1, 0.15) is 70.9 Å². The van der Waals surface area contributed by atoms with Gasteiger partial charge in [0, 0.05) is 30.1 Å². The van der Waals surface area contributed by atoms with Crippen LogP contribution >= 0.6 is 11.3 Å². The molecule has 0 N–H and O–H groups in total. The van der Waals surface area contributed by atoms with Crippen molar-refractivity contribution < 1.29 is 9.53 Å². The summed E-state index contributed by atoms with van der Waals surface area (Å²) < 4.78 is 6.90. The largest absolute Gasteiger partial charge is 0.443 e. The van der Waals surface area contributed by atoms with E-state index in [0.717, 1.165) is 36.2 Å². The third-order valence-corrected chi connectivity index (χ3v) is 7.63. The molecule has 2 aliphatic heterocycles. The third-order valence-electron chi connectivity index (χ3n) is 6.44. The molecule has 6 heteroatoms. The van der Waals surface area contributed by atoms with Crippen molar-refractivity contribution in [2.75, 3.05) is 20.1 Å². The zero-order chi connectivity index (χ0) is 22.6. The minimum Gasteiger partial charge on any atom is -0.443 e. The molecule has 0 spiro atoms. The molecule has 4 rings (SSSR count). The standard InChI is InChI=1S/C25H35N3O2S/c1-16-8-10-20(28(14-16)23(29)30-24(2,3)4)17-9-11-21-19(12-17)26-22(31-21)18-13-25(5,6)27(7)15-18/h9-12,16,18H,8,13-15H2,1-7H3/t16-,18?/m0/s1. The van der Waals surface area contributed by atoms with E-state index in [2.05, 4.69) is 57.0 Å². The van der Waals surface area contributed by atoms with Crippen LogP contribution in [0.3, 0.4) is 0 Å². The second-order valence-corrected chi connectivity index (χ2v) is 11.9. The molecule has 2 aliphatic rings. The van der Waals surface area contributed by atoms with Gasteiger partial charge in [0.05, 0.1) is 20.9 Å². The van der Waals surface area contributed by atoms with Crippen molar-refractivity contribution in [2.24, 2.45) is 5.92 Å². The maximum Gasteiger partial charge on any atom is 0.414 e. The average Bonchev–Trinajstić information content (AvgIpc) is 3.20. The summed E-state index contributed by atoms with van der Waals surface area (Å²) in [5.74, 6) is 0.891. The van der Waals surface area contributed by atoms with E-state index in [4.69, 9.17) is 9.72 Å². The summed E-state index contributed by atoms with van der Waals surface area (Å²) >= 11 is 1.81. The van der Waals surface area contributed by atoms with Crippen LogP contribution in [0, 0.1) is 5.92 Å². The monoisotopic (exact) mass is 441 g/mol. The van der Waals surface area contributed by atoms with Gasteiger partial charge in [0.2, 0.25) is 0 Å². The predicted molar refractivity (Wildman–Crippen MR) is 128 cm³/mol. The molecule has 1 amide bonds. The first-order valence-electron chi connectivity index (χ1n) is 11.3. The Bertz CT molecular complexity index is 1020. The molecule has 31 heavy (non-hydrogen) atoms. The fourth-order valence-corrected chi connectivity index (χ4v) is 5.56. The number of likely N-dealkylation sites (N-methyl/N-ethyl adjacent to an activating group) is 1. The van der Waals surface area contributed by atoms with Crippen LogP contribution in [0.5, 0.6) is 0 Å².